The van der Waals surface area contributed by atoms with Gasteiger partial charge in [-0.2, -0.15) is 0 Å². The van der Waals surface area contributed by atoms with Gasteiger partial charge >= 0.3 is 0 Å². The van der Waals surface area contributed by atoms with Gasteiger partial charge in [-0.3, -0.25) is 4.79 Å². The predicted octanol–water partition coefficient (Wildman–Crippen LogP) is 0.690. The maximum Gasteiger partial charge on any atom is 0.251 e. The van der Waals surface area contributed by atoms with Gasteiger partial charge < -0.3 is 15.2 Å². The number of carbonyl (C=O) groups excluding carboxylic acids is 1. The Morgan fingerprint density at radius 2 is 2.07 bits per heavy atom. The summed E-state index contributed by atoms with van der Waals surface area (Å²) in [5.41, 5.74) is -1.29. The number of rotatable bonds is 7. The van der Waals surface area contributed by atoms with Crippen molar-refractivity contribution in [1.29, 1.82) is 0 Å². The SMILES string of the molecule is CCCOCCCNC(=O)C(C)(C)O. The second-order valence-electron chi connectivity index (χ2n) is 3.78. The number of aliphatic hydroxyl groups is 1. The lowest BCUT2D eigenvalue weighted by atomic mass is 10.1. The van der Waals surface area contributed by atoms with E-state index in [2.05, 4.69) is 12.2 Å². The van der Waals surface area contributed by atoms with E-state index in [0.29, 0.717) is 13.2 Å². The Morgan fingerprint density at radius 3 is 2.57 bits per heavy atom. The van der Waals surface area contributed by atoms with Crippen LogP contribution in [0.5, 0.6) is 0 Å². The molecule has 0 aromatic heterocycles. The predicted molar refractivity (Wildman–Crippen MR) is 55.0 cm³/mol. The van der Waals surface area contributed by atoms with Gasteiger partial charge in [0, 0.05) is 19.8 Å². The van der Waals surface area contributed by atoms with Crippen molar-refractivity contribution < 1.29 is 14.6 Å². The highest BCUT2D eigenvalue weighted by Crippen LogP contribution is 1.99. The molecule has 0 fully saturated rings. The molecule has 0 rings (SSSR count). The zero-order valence-electron chi connectivity index (χ0n) is 9.30. The molecular formula is C10H21NO3. The molecule has 0 radical (unpaired) electrons. The number of ether oxygens (including phenoxy) is 1. The van der Waals surface area contributed by atoms with Gasteiger partial charge in [-0.05, 0) is 26.7 Å². The van der Waals surface area contributed by atoms with Gasteiger partial charge in [0.25, 0.3) is 5.91 Å². The second-order valence-corrected chi connectivity index (χ2v) is 3.78. The van der Waals surface area contributed by atoms with E-state index in [4.69, 9.17) is 4.74 Å². The van der Waals surface area contributed by atoms with Crippen molar-refractivity contribution in [3.8, 4) is 0 Å². The highest BCUT2D eigenvalue weighted by atomic mass is 16.5. The molecule has 0 saturated heterocycles. The number of amides is 1. The fourth-order valence-electron chi connectivity index (χ4n) is 0.839. The number of nitrogens with one attached hydrogen (secondary N) is 1. The fraction of sp³-hybridized carbons (Fsp3) is 0.900. The van der Waals surface area contributed by atoms with Crippen molar-refractivity contribution in [2.75, 3.05) is 19.8 Å². The maximum atomic E-state index is 11.2. The molecule has 0 saturated carbocycles. The average Bonchev–Trinajstić information content (AvgIpc) is 2.09. The van der Waals surface area contributed by atoms with Crippen molar-refractivity contribution in [2.24, 2.45) is 0 Å². The fourth-order valence-corrected chi connectivity index (χ4v) is 0.839. The Balaban J connectivity index is 3.33. The van der Waals surface area contributed by atoms with Gasteiger partial charge in [-0.1, -0.05) is 6.92 Å². The van der Waals surface area contributed by atoms with Crippen molar-refractivity contribution in [3.05, 3.63) is 0 Å². The normalized spacial score (nSPS) is 11.4. The summed E-state index contributed by atoms with van der Waals surface area (Å²) in [4.78, 5) is 11.2. The van der Waals surface area contributed by atoms with Gasteiger partial charge in [0.2, 0.25) is 0 Å². The van der Waals surface area contributed by atoms with Gasteiger partial charge in [-0.25, -0.2) is 0 Å². The van der Waals surface area contributed by atoms with Crippen LogP contribution in [0.2, 0.25) is 0 Å². The molecule has 0 aromatic rings. The Morgan fingerprint density at radius 1 is 1.43 bits per heavy atom. The van der Waals surface area contributed by atoms with Crippen LogP contribution in [-0.2, 0) is 9.53 Å². The molecule has 0 unspecified atom stereocenters. The smallest absolute Gasteiger partial charge is 0.251 e. The van der Waals surface area contributed by atoms with Crippen molar-refractivity contribution >= 4 is 5.91 Å². The first-order valence-electron chi connectivity index (χ1n) is 5.07. The summed E-state index contributed by atoms with van der Waals surface area (Å²) in [5, 5.41) is 11.9. The van der Waals surface area contributed by atoms with Crippen molar-refractivity contribution in [1.82, 2.24) is 5.32 Å². The Bertz CT molecular complexity index is 163. The highest BCUT2D eigenvalue weighted by molar-refractivity contribution is 5.83. The molecule has 1 amide bonds. The van der Waals surface area contributed by atoms with Crippen LogP contribution in [0.3, 0.4) is 0 Å². The lowest BCUT2D eigenvalue weighted by Crippen LogP contribution is -2.42. The van der Waals surface area contributed by atoms with E-state index in [1.807, 2.05) is 0 Å². The second kappa shape index (κ2) is 6.79. The van der Waals surface area contributed by atoms with E-state index in [1.54, 1.807) is 0 Å². The van der Waals surface area contributed by atoms with Crippen LogP contribution in [0.4, 0.5) is 0 Å². The van der Waals surface area contributed by atoms with Crippen molar-refractivity contribution in [3.63, 3.8) is 0 Å². The molecule has 0 aliphatic heterocycles. The number of carbonyl (C=O) groups is 1. The van der Waals surface area contributed by atoms with E-state index in [-0.39, 0.29) is 5.91 Å². The van der Waals surface area contributed by atoms with E-state index < -0.39 is 5.60 Å². The minimum Gasteiger partial charge on any atom is -0.381 e. The minimum atomic E-state index is -1.29. The lowest BCUT2D eigenvalue weighted by Gasteiger charge is -2.16. The third kappa shape index (κ3) is 6.86. The molecule has 4 heteroatoms. The van der Waals surface area contributed by atoms with Gasteiger partial charge in [-0.15, -0.1) is 0 Å². The average molecular weight is 203 g/mol. The molecule has 0 aromatic carbocycles. The van der Waals surface area contributed by atoms with Gasteiger partial charge in [0.05, 0.1) is 0 Å². The van der Waals surface area contributed by atoms with Crippen molar-refractivity contribution in [2.45, 2.75) is 39.2 Å². The van der Waals surface area contributed by atoms with Gasteiger partial charge in [0.1, 0.15) is 5.60 Å². The third-order valence-electron chi connectivity index (χ3n) is 1.66. The standard InChI is InChI=1S/C10H21NO3/c1-4-7-14-8-5-6-11-9(12)10(2,3)13/h13H,4-8H2,1-3H3,(H,11,12). The zero-order valence-corrected chi connectivity index (χ0v) is 9.30. The van der Waals surface area contributed by atoms with E-state index in [1.165, 1.54) is 13.8 Å². The van der Waals surface area contributed by atoms with E-state index in [0.717, 1.165) is 19.4 Å². The molecule has 4 nitrogen and oxygen atoms in total. The Hall–Kier alpha value is -0.610. The summed E-state index contributed by atoms with van der Waals surface area (Å²) in [7, 11) is 0. The van der Waals surface area contributed by atoms with Crippen LogP contribution >= 0.6 is 0 Å². The summed E-state index contributed by atoms with van der Waals surface area (Å²) >= 11 is 0. The zero-order chi connectivity index (χ0) is 11.0. The van der Waals surface area contributed by atoms with Crippen LogP contribution < -0.4 is 5.32 Å². The van der Waals surface area contributed by atoms with Crippen LogP contribution in [0.15, 0.2) is 0 Å². The third-order valence-corrected chi connectivity index (χ3v) is 1.66. The summed E-state index contributed by atoms with van der Waals surface area (Å²) in [6.45, 7) is 6.95. The topological polar surface area (TPSA) is 58.6 Å². The van der Waals surface area contributed by atoms with Crippen LogP contribution in [-0.4, -0.2) is 36.4 Å². The molecule has 0 aliphatic carbocycles. The van der Waals surface area contributed by atoms with Crippen LogP contribution in [0.1, 0.15) is 33.6 Å². The summed E-state index contributed by atoms with van der Waals surface area (Å²) in [6.07, 6.45) is 1.79. The number of hydrogen-bond donors (Lipinski definition) is 2. The van der Waals surface area contributed by atoms with E-state index in [9.17, 15) is 9.90 Å². The van der Waals surface area contributed by atoms with Gasteiger partial charge in [0.15, 0.2) is 0 Å². The molecule has 84 valence electrons. The minimum absolute atomic E-state index is 0.340. The quantitative estimate of drug-likeness (QED) is 0.598. The Labute approximate surface area is 85.6 Å². The first-order chi connectivity index (χ1) is 6.48. The van der Waals surface area contributed by atoms with E-state index >= 15 is 0 Å². The first kappa shape index (κ1) is 13.4. The molecule has 0 aliphatic rings. The lowest BCUT2D eigenvalue weighted by molar-refractivity contribution is -0.136. The van der Waals surface area contributed by atoms with Crippen LogP contribution in [0.25, 0.3) is 0 Å². The highest BCUT2D eigenvalue weighted by Gasteiger charge is 2.22. The summed E-state index contributed by atoms with van der Waals surface area (Å²) < 4.78 is 5.24. The molecule has 14 heavy (non-hydrogen) atoms. The van der Waals surface area contributed by atoms with Crippen LogP contribution in [0, 0.1) is 0 Å². The molecular weight excluding hydrogens is 182 g/mol. The monoisotopic (exact) mass is 203 g/mol. The summed E-state index contributed by atoms with van der Waals surface area (Å²) in [5.74, 6) is -0.340. The molecule has 0 atom stereocenters. The number of hydrogen-bond acceptors (Lipinski definition) is 3. The molecule has 0 heterocycles. The first-order valence-corrected chi connectivity index (χ1v) is 5.07. The summed E-state index contributed by atoms with van der Waals surface area (Å²) in [6, 6.07) is 0. The molecule has 2 N–H and O–H groups in total. The molecule has 0 spiro atoms. The largest absolute Gasteiger partial charge is 0.381 e. The Kier molecular flexibility index (Phi) is 6.49. The molecule has 0 bridgehead atoms. The maximum absolute atomic E-state index is 11.2.